The first-order valence-corrected chi connectivity index (χ1v) is 9.86. The second-order valence-electron chi connectivity index (χ2n) is 7.36. The van der Waals surface area contributed by atoms with Gasteiger partial charge in [-0.05, 0) is 12.8 Å². The number of fused-ring (bicyclic) bond motifs is 1. The quantitative estimate of drug-likeness (QED) is 0.629. The van der Waals surface area contributed by atoms with Crippen LogP contribution in [0.4, 0.5) is 0 Å². The number of piperazine rings is 1. The van der Waals surface area contributed by atoms with Crippen molar-refractivity contribution in [3.8, 4) is 0 Å². The summed E-state index contributed by atoms with van der Waals surface area (Å²) in [6.45, 7) is 0. The van der Waals surface area contributed by atoms with E-state index in [0.29, 0.717) is 22.5 Å². The Morgan fingerprint density at radius 2 is 1.07 bits per heavy atom. The summed E-state index contributed by atoms with van der Waals surface area (Å²) in [6, 6.07) is 19.0. The maximum absolute atomic E-state index is 12.7. The second-order valence-corrected chi connectivity index (χ2v) is 7.36. The average molecular weight is 372 g/mol. The van der Waals surface area contributed by atoms with E-state index in [2.05, 4.69) is 10.6 Å². The van der Waals surface area contributed by atoms with Gasteiger partial charge in [0.1, 0.15) is 0 Å². The van der Waals surface area contributed by atoms with Gasteiger partial charge in [-0.25, -0.2) is 0 Å². The van der Waals surface area contributed by atoms with Gasteiger partial charge in [-0.1, -0.05) is 73.5 Å². The fourth-order valence-electron chi connectivity index (χ4n) is 3.90. The molecule has 2 N–H and O–H groups in total. The third kappa shape index (κ3) is 4.06. The molecule has 28 heavy (non-hydrogen) atoms. The van der Waals surface area contributed by atoms with E-state index in [4.69, 9.17) is 0 Å². The molecule has 1 saturated heterocycles. The molecule has 0 radical (unpaired) electrons. The van der Waals surface area contributed by atoms with Gasteiger partial charge in [0.05, 0.1) is 11.4 Å². The minimum atomic E-state index is -0.0720. The highest BCUT2D eigenvalue weighted by Crippen LogP contribution is 2.26. The number of nitrogens with one attached hydrogen (secondary N) is 2. The van der Waals surface area contributed by atoms with E-state index < -0.39 is 0 Å². The Bertz CT molecular complexity index is 839. The highest BCUT2D eigenvalue weighted by atomic mass is 16.1. The summed E-state index contributed by atoms with van der Waals surface area (Å²) in [5.74, 6) is -0.144. The maximum atomic E-state index is 12.7. The van der Waals surface area contributed by atoms with Gasteiger partial charge in [0.25, 0.3) is 0 Å². The molecule has 2 unspecified atom stereocenters. The van der Waals surface area contributed by atoms with Crippen LogP contribution in [0.5, 0.6) is 0 Å². The molecule has 0 spiro atoms. The van der Waals surface area contributed by atoms with E-state index in [-0.39, 0.29) is 23.7 Å². The zero-order valence-electron chi connectivity index (χ0n) is 15.7. The molecule has 0 aromatic heterocycles. The molecule has 2 aromatic rings. The van der Waals surface area contributed by atoms with Gasteiger partial charge < -0.3 is 10.6 Å². The van der Waals surface area contributed by atoms with Crippen LogP contribution >= 0.6 is 0 Å². The SMILES string of the molecule is O=C(/C=C1\NC2CCCCC2N\C1=C\C(=O)c1ccccc1)c1ccccc1. The third-order valence-electron chi connectivity index (χ3n) is 5.41. The van der Waals surface area contributed by atoms with Gasteiger partial charge in [0.15, 0.2) is 11.6 Å². The van der Waals surface area contributed by atoms with Crippen LogP contribution < -0.4 is 10.6 Å². The van der Waals surface area contributed by atoms with Crippen LogP contribution in [0.25, 0.3) is 0 Å². The van der Waals surface area contributed by atoms with Crippen molar-refractivity contribution in [3.05, 3.63) is 95.3 Å². The number of carbonyl (C=O) groups excluding carboxylic acids is 2. The molecule has 142 valence electrons. The molecular weight excluding hydrogens is 348 g/mol. The number of ketones is 2. The Morgan fingerprint density at radius 1 is 0.679 bits per heavy atom. The standard InChI is InChI=1S/C24H24N2O2/c27-23(17-9-3-1-4-10-17)15-21-22(16-24(28)18-11-5-2-6-12-18)26-20-14-8-7-13-19(20)25-21/h1-6,9-12,15-16,19-20,25-26H,7-8,13-14H2/b21-15-,22-16+. The van der Waals surface area contributed by atoms with Crippen molar-refractivity contribution in [2.75, 3.05) is 0 Å². The number of hydrogen-bond donors (Lipinski definition) is 2. The van der Waals surface area contributed by atoms with Crippen molar-refractivity contribution in [2.24, 2.45) is 0 Å². The fourth-order valence-corrected chi connectivity index (χ4v) is 3.90. The molecule has 0 bridgehead atoms. The Balaban J connectivity index is 1.65. The minimum absolute atomic E-state index is 0.0720. The summed E-state index contributed by atoms with van der Waals surface area (Å²) in [7, 11) is 0. The Kier molecular flexibility index (Phi) is 5.38. The van der Waals surface area contributed by atoms with Gasteiger partial charge >= 0.3 is 0 Å². The van der Waals surface area contributed by atoms with Crippen LogP contribution in [0.1, 0.15) is 46.4 Å². The van der Waals surface area contributed by atoms with Gasteiger partial charge in [0.2, 0.25) is 0 Å². The van der Waals surface area contributed by atoms with Crippen molar-refractivity contribution in [3.63, 3.8) is 0 Å². The van der Waals surface area contributed by atoms with Crippen LogP contribution in [0.2, 0.25) is 0 Å². The smallest absolute Gasteiger partial charge is 0.187 e. The molecule has 1 saturated carbocycles. The zero-order chi connectivity index (χ0) is 19.3. The Morgan fingerprint density at radius 3 is 1.46 bits per heavy atom. The minimum Gasteiger partial charge on any atom is -0.378 e. The Hall–Kier alpha value is -3.14. The summed E-state index contributed by atoms with van der Waals surface area (Å²) in [5.41, 5.74) is 2.66. The number of carbonyl (C=O) groups is 2. The van der Waals surface area contributed by atoms with Crippen LogP contribution in [0.15, 0.2) is 84.2 Å². The maximum Gasteiger partial charge on any atom is 0.187 e. The van der Waals surface area contributed by atoms with Gasteiger partial charge in [-0.15, -0.1) is 0 Å². The summed E-state index contributed by atoms with van der Waals surface area (Å²) >= 11 is 0. The first-order valence-electron chi connectivity index (χ1n) is 9.86. The van der Waals surface area contributed by atoms with Crippen molar-refractivity contribution in [1.29, 1.82) is 0 Å². The summed E-state index contributed by atoms with van der Waals surface area (Å²) in [4.78, 5) is 25.4. The number of allylic oxidation sites excluding steroid dienone is 2. The predicted molar refractivity (Wildman–Crippen MR) is 110 cm³/mol. The molecule has 2 aliphatic rings. The predicted octanol–water partition coefficient (Wildman–Crippen LogP) is 4.02. The molecule has 1 aliphatic heterocycles. The lowest BCUT2D eigenvalue weighted by atomic mass is 9.87. The third-order valence-corrected chi connectivity index (χ3v) is 5.41. The molecule has 2 aromatic carbocycles. The molecule has 1 heterocycles. The van der Waals surface area contributed by atoms with Gasteiger partial charge in [-0.2, -0.15) is 0 Å². The van der Waals surface area contributed by atoms with Crippen molar-refractivity contribution < 1.29 is 9.59 Å². The largest absolute Gasteiger partial charge is 0.378 e. The summed E-state index contributed by atoms with van der Waals surface area (Å²) in [6.07, 6.45) is 7.70. The van der Waals surface area contributed by atoms with E-state index in [1.54, 1.807) is 36.4 Å². The first-order chi connectivity index (χ1) is 13.7. The average Bonchev–Trinajstić information content (AvgIpc) is 2.75. The Labute approximate surface area is 165 Å². The molecule has 2 atom stereocenters. The number of benzene rings is 2. The van der Waals surface area contributed by atoms with Gasteiger partial charge in [0, 0.05) is 35.4 Å². The molecule has 2 fully saturated rings. The lowest BCUT2D eigenvalue weighted by Gasteiger charge is -2.40. The normalized spacial score (nSPS) is 24.1. The van der Waals surface area contributed by atoms with Crippen LogP contribution in [0, 0.1) is 0 Å². The van der Waals surface area contributed by atoms with Crippen molar-refractivity contribution in [1.82, 2.24) is 10.6 Å². The molecular formula is C24H24N2O2. The topological polar surface area (TPSA) is 58.2 Å². The highest BCUT2D eigenvalue weighted by molar-refractivity contribution is 6.07. The first kappa shape index (κ1) is 18.2. The number of rotatable bonds is 4. The molecule has 1 aliphatic carbocycles. The monoisotopic (exact) mass is 372 g/mol. The molecule has 4 rings (SSSR count). The highest BCUT2D eigenvalue weighted by Gasteiger charge is 2.31. The van der Waals surface area contributed by atoms with E-state index in [9.17, 15) is 9.59 Å². The van der Waals surface area contributed by atoms with E-state index >= 15 is 0 Å². The van der Waals surface area contributed by atoms with Crippen molar-refractivity contribution in [2.45, 2.75) is 37.8 Å². The second kappa shape index (κ2) is 8.26. The van der Waals surface area contributed by atoms with E-state index in [1.807, 2.05) is 36.4 Å². The molecule has 0 amide bonds. The molecule has 4 nitrogen and oxygen atoms in total. The van der Waals surface area contributed by atoms with E-state index in [0.717, 1.165) is 12.8 Å². The summed E-state index contributed by atoms with van der Waals surface area (Å²) < 4.78 is 0. The fraction of sp³-hybridized carbons (Fsp3) is 0.250. The summed E-state index contributed by atoms with van der Waals surface area (Å²) in [5, 5.41) is 7.04. The van der Waals surface area contributed by atoms with Gasteiger partial charge in [-0.3, -0.25) is 9.59 Å². The van der Waals surface area contributed by atoms with Crippen LogP contribution in [-0.4, -0.2) is 23.7 Å². The zero-order valence-corrected chi connectivity index (χ0v) is 15.7. The van der Waals surface area contributed by atoms with E-state index in [1.165, 1.54) is 12.8 Å². The lowest BCUT2D eigenvalue weighted by Crippen LogP contribution is -2.55. The van der Waals surface area contributed by atoms with Crippen LogP contribution in [0.3, 0.4) is 0 Å². The lowest BCUT2D eigenvalue weighted by molar-refractivity contribution is 0.103. The van der Waals surface area contributed by atoms with Crippen molar-refractivity contribution >= 4 is 11.6 Å². The number of hydrogen-bond acceptors (Lipinski definition) is 4. The molecule has 4 heteroatoms. The van der Waals surface area contributed by atoms with Crippen LogP contribution in [-0.2, 0) is 0 Å².